The first kappa shape index (κ1) is 15.5. The summed E-state index contributed by atoms with van der Waals surface area (Å²) in [6.07, 6.45) is 0.853. The van der Waals surface area contributed by atoms with E-state index in [0.29, 0.717) is 0 Å². The Morgan fingerprint density at radius 3 is 2.50 bits per heavy atom. The fraction of sp³-hybridized carbons (Fsp3) is 0.400. The van der Waals surface area contributed by atoms with E-state index in [0.717, 1.165) is 32.9 Å². The van der Waals surface area contributed by atoms with E-state index in [1.807, 2.05) is 42.8 Å². The number of nitrogens with two attached hydrogens (primary N) is 1. The van der Waals surface area contributed by atoms with E-state index < -0.39 is 0 Å². The van der Waals surface area contributed by atoms with Crippen LogP contribution in [0, 0.1) is 13.8 Å². The van der Waals surface area contributed by atoms with Gasteiger partial charge < -0.3 is 5.73 Å². The van der Waals surface area contributed by atoms with E-state index in [1.54, 1.807) is 0 Å². The highest BCUT2D eigenvalue weighted by Crippen LogP contribution is 2.32. The predicted molar refractivity (Wildman–Crippen MR) is 87.3 cm³/mol. The average molecular weight is 357 g/mol. The van der Waals surface area contributed by atoms with E-state index in [4.69, 9.17) is 17.3 Å². The summed E-state index contributed by atoms with van der Waals surface area (Å²) < 4.78 is 3.01. The smallest absolute Gasteiger partial charge is 0.0937 e. The van der Waals surface area contributed by atoms with Gasteiger partial charge in [-0.25, -0.2) is 0 Å². The monoisotopic (exact) mass is 355 g/mol. The lowest BCUT2D eigenvalue weighted by Crippen LogP contribution is -2.34. The van der Waals surface area contributed by atoms with Crippen LogP contribution in [-0.2, 0) is 0 Å². The fourth-order valence-corrected chi connectivity index (χ4v) is 2.90. The summed E-state index contributed by atoms with van der Waals surface area (Å²) in [6.45, 7) is 6.10. The molecule has 2 aromatic rings. The summed E-state index contributed by atoms with van der Waals surface area (Å²) in [5, 5.41) is 5.35. The minimum atomic E-state index is -0.0568. The molecule has 3 nitrogen and oxygen atoms in total. The highest BCUT2D eigenvalue weighted by molar-refractivity contribution is 9.10. The standard InChI is InChI=1S/C15H19BrClN3/c1-4-13(18)15(11-7-5-6-8-12(11)17)20-10(3)14(16)9(2)19-20/h5-8,13,15H,4,18H2,1-3H3. The predicted octanol–water partition coefficient (Wildman–Crippen LogP) is 4.24. The van der Waals surface area contributed by atoms with Gasteiger partial charge in [0.1, 0.15) is 0 Å². The number of nitrogens with zero attached hydrogens (tertiary/aromatic N) is 2. The second-order valence-electron chi connectivity index (χ2n) is 4.97. The normalized spacial score (nSPS) is 14.3. The number of aryl methyl sites for hydroxylation is 1. The Kier molecular flexibility index (Phi) is 4.89. The van der Waals surface area contributed by atoms with Crippen LogP contribution in [0.3, 0.4) is 0 Å². The summed E-state index contributed by atoms with van der Waals surface area (Å²) in [5.74, 6) is 0. The molecule has 1 heterocycles. The molecule has 0 aliphatic heterocycles. The van der Waals surface area contributed by atoms with Crippen molar-refractivity contribution in [2.45, 2.75) is 39.3 Å². The second kappa shape index (κ2) is 6.29. The molecule has 0 aliphatic rings. The van der Waals surface area contributed by atoms with Gasteiger partial charge in [-0.3, -0.25) is 4.68 Å². The minimum Gasteiger partial charge on any atom is -0.326 e. The number of benzene rings is 1. The molecule has 0 bridgehead atoms. The molecule has 20 heavy (non-hydrogen) atoms. The van der Waals surface area contributed by atoms with Crippen molar-refractivity contribution in [2.75, 3.05) is 0 Å². The largest absolute Gasteiger partial charge is 0.326 e. The molecule has 0 aliphatic carbocycles. The van der Waals surface area contributed by atoms with Crippen molar-refractivity contribution < 1.29 is 0 Å². The third-order valence-corrected chi connectivity index (χ3v) is 5.09. The van der Waals surface area contributed by atoms with Crippen molar-refractivity contribution in [3.8, 4) is 0 Å². The molecule has 2 atom stereocenters. The van der Waals surface area contributed by atoms with E-state index in [2.05, 4.69) is 28.0 Å². The van der Waals surface area contributed by atoms with E-state index in [1.165, 1.54) is 0 Å². The zero-order chi connectivity index (χ0) is 14.9. The molecule has 0 fully saturated rings. The van der Waals surface area contributed by atoms with Crippen molar-refractivity contribution >= 4 is 27.5 Å². The zero-order valence-electron chi connectivity index (χ0n) is 11.9. The van der Waals surface area contributed by atoms with Gasteiger partial charge in [-0.15, -0.1) is 0 Å². The molecule has 0 amide bonds. The van der Waals surface area contributed by atoms with Gasteiger partial charge in [0.05, 0.1) is 21.9 Å². The molecule has 0 saturated heterocycles. The Labute approximate surface area is 133 Å². The van der Waals surface area contributed by atoms with E-state index >= 15 is 0 Å². The maximum absolute atomic E-state index is 6.36. The van der Waals surface area contributed by atoms with Crippen molar-refractivity contribution in [3.63, 3.8) is 0 Å². The first-order valence-electron chi connectivity index (χ1n) is 6.68. The van der Waals surface area contributed by atoms with Gasteiger partial charge in [0.2, 0.25) is 0 Å². The Morgan fingerprint density at radius 1 is 1.35 bits per heavy atom. The molecule has 0 radical (unpaired) electrons. The Balaban J connectivity index is 2.59. The molecule has 5 heteroatoms. The van der Waals surface area contributed by atoms with E-state index in [9.17, 15) is 0 Å². The van der Waals surface area contributed by atoms with E-state index in [-0.39, 0.29) is 12.1 Å². The number of hydrogen-bond acceptors (Lipinski definition) is 2. The van der Waals surface area contributed by atoms with Crippen molar-refractivity contribution in [2.24, 2.45) is 5.73 Å². The summed E-state index contributed by atoms with van der Waals surface area (Å²) in [5.41, 5.74) is 9.39. The molecule has 1 aromatic heterocycles. The van der Waals surface area contributed by atoms with Crippen LogP contribution in [0.25, 0.3) is 0 Å². The lowest BCUT2D eigenvalue weighted by Gasteiger charge is -2.26. The summed E-state index contributed by atoms with van der Waals surface area (Å²) >= 11 is 9.93. The van der Waals surface area contributed by atoms with Crippen molar-refractivity contribution in [1.82, 2.24) is 9.78 Å². The molecule has 2 rings (SSSR count). The molecular formula is C15H19BrClN3. The molecule has 0 spiro atoms. The van der Waals surface area contributed by atoms with Gasteiger partial charge >= 0.3 is 0 Å². The molecule has 0 saturated carbocycles. The van der Waals surface area contributed by atoms with Crippen LogP contribution < -0.4 is 5.73 Å². The van der Waals surface area contributed by atoms with Gasteiger partial charge in [0, 0.05) is 11.1 Å². The number of hydrogen-bond donors (Lipinski definition) is 1. The lowest BCUT2D eigenvalue weighted by molar-refractivity contribution is 0.415. The highest BCUT2D eigenvalue weighted by atomic mass is 79.9. The fourth-order valence-electron chi connectivity index (χ4n) is 2.40. The third-order valence-electron chi connectivity index (χ3n) is 3.60. The maximum Gasteiger partial charge on any atom is 0.0937 e. The molecule has 2 N–H and O–H groups in total. The van der Waals surface area contributed by atoms with Gasteiger partial charge in [-0.05, 0) is 47.8 Å². The third kappa shape index (κ3) is 2.78. The minimum absolute atomic E-state index is 0.0419. The topological polar surface area (TPSA) is 43.8 Å². The van der Waals surface area contributed by atoms with Gasteiger partial charge in [0.25, 0.3) is 0 Å². The molecule has 108 valence electrons. The number of aromatic nitrogens is 2. The van der Waals surface area contributed by atoms with Crippen LogP contribution in [-0.4, -0.2) is 15.8 Å². The zero-order valence-corrected chi connectivity index (χ0v) is 14.2. The Morgan fingerprint density at radius 2 is 2.00 bits per heavy atom. The van der Waals surface area contributed by atoms with Crippen LogP contribution >= 0.6 is 27.5 Å². The van der Waals surface area contributed by atoms with Gasteiger partial charge in [-0.1, -0.05) is 36.7 Å². The maximum atomic E-state index is 6.36. The molecule has 1 aromatic carbocycles. The van der Waals surface area contributed by atoms with Gasteiger partial charge in [-0.2, -0.15) is 5.10 Å². The number of rotatable bonds is 4. The summed E-state index contributed by atoms with van der Waals surface area (Å²) in [6, 6.07) is 7.73. The summed E-state index contributed by atoms with van der Waals surface area (Å²) in [4.78, 5) is 0. The van der Waals surface area contributed by atoms with Crippen molar-refractivity contribution in [3.05, 3.63) is 50.7 Å². The summed E-state index contributed by atoms with van der Waals surface area (Å²) in [7, 11) is 0. The SMILES string of the molecule is CCC(N)C(c1ccccc1Cl)n1nc(C)c(Br)c1C. The lowest BCUT2D eigenvalue weighted by atomic mass is 9.98. The molecule has 2 unspecified atom stereocenters. The van der Waals surface area contributed by atoms with Crippen LogP contribution in [0.5, 0.6) is 0 Å². The number of halogens is 2. The van der Waals surface area contributed by atoms with Crippen LogP contribution in [0.2, 0.25) is 5.02 Å². The van der Waals surface area contributed by atoms with Crippen LogP contribution in [0.4, 0.5) is 0 Å². The van der Waals surface area contributed by atoms with Crippen LogP contribution in [0.15, 0.2) is 28.7 Å². The molecular weight excluding hydrogens is 338 g/mol. The van der Waals surface area contributed by atoms with Gasteiger partial charge in [0.15, 0.2) is 0 Å². The quantitative estimate of drug-likeness (QED) is 0.890. The first-order valence-corrected chi connectivity index (χ1v) is 7.85. The average Bonchev–Trinajstić information content (AvgIpc) is 2.69. The second-order valence-corrected chi connectivity index (χ2v) is 6.17. The Hall–Kier alpha value is -0.840. The first-order chi connectivity index (χ1) is 9.47. The van der Waals surface area contributed by atoms with Crippen molar-refractivity contribution in [1.29, 1.82) is 0 Å². The highest BCUT2D eigenvalue weighted by Gasteiger charge is 2.26. The van der Waals surface area contributed by atoms with Crippen LogP contribution in [0.1, 0.15) is 36.3 Å². The Bertz CT molecular complexity index is 609.